The normalized spacial score (nSPS) is 11.8. The third kappa shape index (κ3) is 3.52. The topological polar surface area (TPSA) is 72.5 Å². The number of hydrogen-bond donors (Lipinski definition) is 1. The maximum Gasteiger partial charge on any atom is 0.349 e. The second-order valence-electron chi connectivity index (χ2n) is 3.85. The van der Waals surface area contributed by atoms with Crippen LogP contribution >= 0.6 is 11.3 Å². The minimum absolute atomic E-state index is 0.0185. The number of rotatable bonds is 5. The average Bonchev–Trinajstić information content (AvgIpc) is 2.75. The molecule has 0 saturated heterocycles. The molecule has 7 heteroatoms. The molecule has 1 aromatic heterocycles. The van der Waals surface area contributed by atoms with Crippen LogP contribution in [0.25, 0.3) is 0 Å². The van der Waals surface area contributed by atoms with Crippen molar-refractivity contribution in [2.75, 3.05) is 13.7 Å². The van der Waals surface area contributed by atoms with Crippen LogP contribution < -0.4 is 4.72 Å². The van der Waals surface area contributed by atoms with Crippen molar-refractivity contribution in [2.24, 2.45) is 5.92 Å². The molecule has 0 atom stereocenters. The summed E-state index contributed by atoms with van der Waals surface area (Å²) in [5, 5.41) is 1.55. The van der Waals surface area contributed by atoms with E-state index < -0.39 is 16.0 Å². The first-order valence-electron chi connectivity index (χ1n) is 5.04. The summed E-state index contributed by atoms with van der Waals surface area (Å²) in [6.45, 7) is 4.13. The Kier molecular flexibility index (Phi) is 4.67. The van der Waals surface area contributed by atoms with Gasteiger partial charge in [0, 0.05) is 6.54 Å². The van der Waals surface area contributed by atoms with E-state index in [1.165, 1.54) is 13.2 Å². The van der Waals surface area contributed by atoms with Crippen molar-refractivity contribution in [3.05, 3.63) is 16.3 Å². The molecule has 17 heavy (non-hydrogen) atoms. The lowest BCUT2D eigenvalue weighted by atomic mass is 10.2. The molecule has 1 aromatic rings. The summed E-state index contributed by atoms with van der Waals surface area (Å²) in [7, 11) is -2.42. The predicted molar refractivity (Wildman–Crippen MR) is 65.7 cm³/mol. The number of esters is 1. The number of carbonyl (C=O) groups excluding carboxylic acids is 1. The second-order valence-corrected chi connectivity index (χ2v) is 6.50. The van der Waals surface area contributed by atoms with E-state index in [4.69, 9.17) is 0 Å². The first-order chi connectivity index (χ1) is 7.88. The van der Waals surface area contributed by atoms with Crippen LogP contribution in [-0.4, -0.2) is 28.0 Å². The summed E-state index contributed by atoms with van der Waals surface area (Å²) in [5.41, 5.74) is 0. The Morgan fingerprint density at radius 2 is 2.18 bits per heavy atom. The van der Waals surface area contributed by atoms with Gasteiger partial charge in [-0.2, -0.15) is 0 Å². The average molecular weight is 277 g/mol. The first kappa shape index (κ1) is 14.1. The van der Waals surface area contributed by atoms with Crippen LogP contribution in [0.5, 0.6) is 0 Å². The number of methoxy groups -OCH3 is 1. The van der Waals surface area contributed by atoms with Gasteiger partial charge in [0.1, 0.15) is 9.77 Å². The van der Waals surface area contributed by atoms with Crippen LogP contribution in [0.2, 0.25) is 0 Å². The molecule has 0 bridgehead atoms. The summed E-state index contributed by atoms with van der Waals surface area (Å²) in [4.78, 5) is 11.5. The second kappa shape index (κ2) is 5.61. The number of carbonyl (C=O) groups is 1. The number of ether oxygens (including phenoxy) is 1. The Hall–Kier alpha value is -0.920. The fourth-order valence-electron chi connectivity index (χ4n) is 1.10. The van der Waals surface area contributed by atoms with Gasteiger partial charge in [0.05, 0.1) is 7.11 Å². The lowest BCUT2D eigenvalue weighted by molar-refractivity contribution is 0.0602. The number of sulfonamides is 1. The third-order valence-corrected chi connectivity index (χ3v) is 4.46. The summed E-state index contributed by atoms with van der Waals surface area (Å²) < 4.78 is 30.8. The summed E-state index contributed by atoms with van der Waals surface area (Å²) in [6, 6.07) is 1.40. The number of hydrogen-bond acceptors (Lipinski definition) is 5. The van der Waals surface area contributed by atoms with Crippen LogP contribution in [0.1, 0.15) is 23.5 Å². The zero-order valence-corrected chi connectivity index (χ0v) is 11.5. The molecule has 0 amide bonds. The van der Waals surface area contributed by atoms with E-state index in [0.29, 0.717) is 6.54 Å². The van der Waals surface area contributed by atoms with Crippen LogP contribution in [-0.2, 0) is 14.8 Å². The quantitative estimate of drug-likeness (QED) is 0.827. The number of thiophene rings is 1. The summed E-state index contributed by atoms with van der Waals surface area (Å²) >= 11 is 1.05. The molecular formula is C10H15NO4S2. The van der Waals surface area contributed by atoms with Gasteiger partial charge in [0.2, 0.25) is 10.0 Å². The van der Waals surface area contributed by atoms with Crippen molar-refractivity contribution in [3.63, 3.8) is 0 Å². The Labute approximate surface area is 105 Å². The molecular weight excluding hydrogens is 262 g/mol. The molecule has 0 saturated carbocycles. The van der Waals surface area contributed by atoms with Crippen molar-refractivity contribution in [1.29, 1.82) is 0 Å². The Balaban J connectivity index is 2.99. The molecule has 0 aliphatic heterocycles. The molecule has 1 heterocycles. The summed E-state index contributed by atoms with van der Waals surface area (Å²) in [5.74, 6) is -0.435. The van der Waals surface area contributed by atoms with Crippen LogP contribution in [0, 0.1) is 5.92 Å². The molecule has 1 N–H and O–H groups in total. The lowest BCUT2D eigenvalue weighted by Gasteiger charge is -2.08. The maximum atomic E-state index is 11.9. The van der Waals surface area contributed by atoms with Gasteiger partial charge < -0.3 is 4.74 Å². The van der Waals surface area contributed by atoms with E-state index >= 15 is 0 Å². The van der Waals surface area contributed by atoms with Crippen molar-refractivity contribution < 1.29 is 17.9 Å². The highest BCUT2D eigenvalue weighted by molar-refractivity contribution is 7.89. The van der Waals surface area contributed by atoms with Gasteiger partial charge in [-0.3, -0.25) is 0 Å². The molecule has 5 nitrogen and oxygen atoms in total. The van der Waals surface area contributed by atoms with Gasteiger partial charge in [-0.25, -0.2) is 17.9 Å². The van der Waals surface area contributed by atoms with Crippen LogP contribution in [0.4, 0.5) is 0 Å². The van der Waals surface area contributed by atoms with E-state index in [1.54, 1.807) is 5.38 Å². The van der Waals surface area contributed by atoms with E-state index in [1.807, 2.05) is 13.8 Å². The van der Waals surface area contributed by atoms with E-state index in [2.05, 4.69) is 9.46 Å². The summed E-state index contributed by atoms with van der Waals surface area (Å²) in [6.07, 6.45) is 0. The molecule has 1 rings (SSSR count). The highest BCUT2D eigenvalue weighted by Crippen LogP contribution is 2.22. The van der Waals surface area contributed by atoms with Gasteiger partial charge >= 0.3 is 5.97 Å². The maximum absolute atomic E-state index is 11.9. The monoisotopic (exact) mass is 277 g/mol. The zero-order valence-electron chi connectivity index (χ0n) is 9.89. The molecule has 0 fully saturated rings. The predicted octanol–water partition coefficient (Wildman–Crippen LogP) is 1.47. The highest BCUT2D eigenvalue weighted by atomic mass is 32.2. The fourth-order valence-corrected chi connectivity index (χ4v) is 3.65. The van der Waals surface area contributed by atoms with Crippen molar-refractivity contribution in [2.45, 2.75) is 18.7 Å². The van der Waals surface area contributed by atoms with Crippen molar-refractivity contribution in [1.82, 2.24) is 4.72 Å². The molecule has 0 aliphatic rings. The Bertz CT molecular complexity index is 490. The minimum atomic E-state index is -3.64. The van der Waals surface area contributed by atoms with Gasteiger partial charge in [-0.05, 0) is 17.4 Å². The lowest BCUT2D eigenvalue weighted by Crippen LogP contribution is -2.28. The number of nitrogens with one attached hydrogen (secondary N) is 1. The van der Waals surface area contributed by atoms with Crippen molar-refractivity contribution >= 4 is 27.3 Å². The highest BCUT2D eigenvalue weighted by Gasteiger charge is 2.24. The molecule has 0 aromatic carbocycles. The molecule has 0 unspecified atom stereocenters. The van der Waals surface area contributed by atoms with E-state index in [-0.39, 0.29) is 15.7 Å². The van der Waals surface area contributed by atoms with E-state index in [9.17, 15) is 13.2 Å². The molecule has 0 aliphatic carbocycles. The Morgan fingerprint density at radius 3 is 2.71 bits per heavy atom. The Morgan fingerprint density at radius 1 is 1.53 bits per heavy atom. The first-order valence-corrected chi connectivity index (χ1v) is 7.40. The molecule has 0 spiro atoms. The van der Waals surface area contributed by atoms with Gasteiger partial charge in [-0.1, -0.05) is 13.8 Å². The van der Waals surface area contributed by atoms with Gasteiger partial charge in [-0.15, -0.1) is 11.3 Å². The van der Waals surface area contributed by atoms with E-state index in [0.717, 1.165) is 11.3 Å². The van der Waals surface area contributed by atoms with Crippen LogP contribution in [0.3, 0.4) is 0 Å². The minimum Gasteiger partial charge on any atom is -0.465 e. The standard InChI is InChI=1S/C10H15NO4S2/c1-7(2)6-11-17(13,14)8-4-5-16-9(8)10(12)15-3/h4-5,7,11H,6H2,1-3H3. The van der Waals surface area contributed by atoms with Crippen LogP contribution in [0.15, 0.2) is 16.3 Å². The third-order valence-electron chi connectivity index (χ3n) is 1.97. The smallest absolute Gasteiger partial charge is 0.349 e. The SMILES string of the molecule is COC(=O)c1sccc1S(=O)(=O)NCC(C)C. The van der Waals surface area contributed by atoms with Gasteiger partial charge in [0.25, 0.3) is 0 Å². The zero-order chi connectivity index (χ0) is 13.1. The fraction of sp³-hybridized carbons (Fsp3) is 0.500. The van der Waals surface area contributed by atoms with Crippen molar-refractivity contribution in [3.8, 4) is 0 Å². The molecule has 0 radical (unpaired) electrons. The molecule has 96 valence electrons. The van der Waals surface area contributed by atoms with Gasteiger partial charge in [0.15, 0.2) is 0 Å². The largest absolute Gasteiger partial charge is 0.465 e.